The van der Waals surface area contributed by atoms with Gasteiger partial charge < -0.3 is 0 Å². The van der Waals surface area contributed by atoms with E-state index in [1.165, 1.54) is 57.7 Å². The van der Waals surface area contributed by atoms with Crippen LogP contribution in [0.25, 0.3) is 10.8 Å². The summed E-state index contributed by atoms with van der Waals surface area (Å²) < 4.78 is 2.83. The molecule has 3 nitrogen and oxygen atoms in total. The second-order valence-electron chi connectivity index (χ2n) is 16.0. The van der Waals surface area contributed by atoms with Crippen LogP contribution in [0.5, 0.6) is 0 Å². The van der Waals surface area contributed by atoms with Gasteiger partial charge in [-0.25, -0.2) is 0 Å². The third kappa shape index (κ3) is 3.34. The van der Waals surface area contributed by atoms with Crippen LogP contribution >= 0.6 is 0 Å². The number of benzene rings is 4. The topological polar surface area (TPSA) is 37.4 Å². The molecule has 3 heterocycles. The van der Waals surface area contributed by atoms with Gasteiger partial charge in [-0.1, -0.05) is 0 Å². The maximum absolute atomic E-state index is 14.0. The third-order valence-electron chi connectivity index (χ3n) is 13.5. The van der Waals surface area contributed by atoms with E-state index in [4.69, 9.17) is 0 Å². The molecule has 5 aliphatic carbocycles. The number of fused-ring (bicyclic) bond motifs is 6. The Labute approximate surface area is 282 Å². The van der Waals surface area contributed by atoms with Gasteiger partial charge in [0.25, 0.3) is 0 Å². The molecule has 4 fully saturated rings. The Morgan fingerprint density at radius 1 is 0.723 bits per heavy atom. The molecule has 2 aliphatic heterocycles. The number of Topliss-reactive ketones (excluding diaryl/α,β-unsaturated/α-hetero) is 2. The first kappa shape index (κ1) is 27.4. The Morgan fingerprint density at radius 3 is 2.02 bits per heavy atom. The van der Waals surface area contributed by atoms with Crippen LogP contribution < -0.4 is 15.3 Å². The number of anilines is 3. The second-order valence-corrected chi connectivity index (χ2v) is 22.7. The van der Waals surface area contributed by atoms with Crippen molar-refractivity contribution in [3.8, 4) is 0 Å². The van der Waals surface area contributed by atoms with Gasteiger partial charge in [0.05, 0.1) is 0 Å². The van der Waals surface area contributed by atoms with Gasteiger partial charge in [-0.05, 0) is 0 Å². The summed E-state index contributed by atoms with van der Waals surface area (Å²) in [7, 11) is -1.94. The summed E-state index contributed by atoms with van der Waals surface area (Å²) in [5.41, 5.74) is 7.33. The molecule has 12 rings (SSSR count). The van der Waals surface area contributed by atoms with Gasteiger partial charge in [-0.15, -0.1) is 0 Å². The number of carbonyl (C=O) groups is 2. The van der Waals surface area contributed by atoms with Crippen LogP contribution in [0.3, 0.4) is 0 Å². The first-order chi connectivity index (χ1) is 22.8. The normalized spacial score (nSPS) is 28.9. The van der Waals surface area contributed by atoms with E-state index in [0.29, 0.717) is 29.4 Å². The van der Waals surface area contributed by atoms with Crippen LogP contribution in [0.1, 0.15) is 68.4 Å². The zero-order valence-corrected chi connectivity index (χ0v) is 29.6. The number of ketones is 2. The summed E-state index contributed by atoms with van der Waals surface area (Å²) >= 11 is 0.0397. The number of para-hydroxylation sites is 2. The number of rotatable bonds is 2. The van der Waals surface area contributed by atoms with Crippen molar-refractivity contribution in [1.82, 2.24) is 0 Å². The predicted octanol–water partition coefficient (Wildman–Crippen LogP) is 7.80. The maximum atomic E-state index is 14.0. The molecule has 0 amide bonds. The SMILES string of the molecule is C[Si]1(C)c2ccccc2N2c3[se]c(CC4C(=O)c5cc6ccccc6cc5C4=O)cc3C3(c4cccc1c42)C1CC2CC(C1)CC3C2. The molecule has 47 heavy (non-hydrogen) atoms. The quantitative estimate of drug-likeness (QED) is 0.140. The Bertz CT molecular complexity index is 2160. The monoisotopic (exact) mass is 695 g/mol. The van der Waals surface area contributed by atoms with E-state index in [1.54, 1.807) is 16.3 Å². The van der Waals surface area contributed by atoms with Crippen molar-refractivity contribution in [3.63, 3.8) is 0 Å². The molecule has 0 N–H and O–H groups in total. The van der Waals surface area contributed by atoms with Crippen molar-refractivity contribution >= 4 is 71.2 Å². The zero-order chi connectivity index (χ0) is 31.4. The molecule has 4 bridgehead atoms. The number of hydrogen-bond acceptors (Lipinski definition) is 3. The van der Waals surface area contributed by atoms with Crippen LogP contribution in [0, 0.1) is 29.6 Å². The van der Waals surface area contributed by atoms with Gasteiger partial charge in [0.2, 0.25) is 0 Å². The molecular weight excluding hydrogens is 658 g/mol. The van der Waals surface area contributed by atoms with E-state index in [2.05, 4.69) is 66.5 Å². The van der Waals surface area contributed by atoms with Gasteiger partial charge in [0.1, 0.15) is 0 Å². The van der Waals surface area contributed by atoms with Crippen molar-refractivity contribution in [1.29, 1.82) is 0 Å². The average molecular weight is 695 g/mol. The fourth-order valence-corrected chi connectivity index (χ4v) is 17.5. The molecule has 5 aromatic rings. The summed E-state index contributed by atoms with van der Waals surface area (Å²) in [6.45, 7) is 5.10. The van der Waals surface area contributed by atoms with Crippen molar-refractivity contribution in [2.75, 3.05) is 4.90 Å². The van der Waals surface area contributed by atoms with Crippen LogP contribution in [0.4, 0.5) is 15.9 Å². The molecule has 4 saturated carbocycles. The Kier molecular flexibility index (Phi) is 5.34. The molecule has 232 valence electrons. The molecule has 0 saturated heterocycles. The standard InChI is InChI=1S/C42H37NO2SeSi/c1-47(2)36-12-6-5-11-35(36)43-38-33(10-7-13-37(38)47)42(27-15-23-14-24(17-27)18-28(42)16-23)34-22-29(46-41(34)43)21-32-39(44)30-19-25-8-3-4-9-26(25)20-31(30)40(32)45/h3-13,19-20,22-24,27-28,32H,14-18,21H2,1-2H3. The van der Waals surface area contributed by atoms with Crippen molar-refractivity contribution in [2.45, 2.75) is 57.0 Å². The summed E-state index contributed by atoms with van der Waals surface area (Å²) in [5.74, 6) is 2.55. The van der Waals surface area contributed by atoms with E-state index in [1.807, 2.05) is 36.4 Å². The van der Waals surface area contributed by atoms with Crippen LogP contribution in [-0.4, -0.2) is 34.1 Å². The van der Waals surface area contributed by atoms with E-state index < -0.39 is 14.0 Å². The first-order valence-electron chi connectivity index (χ1n) is 17.6. The van der Waals surface area contributed by atoms with E-state index in [0.717, 1.165) is 22.6 Å². The zero-order valence-electron chi connectivity index (χ0n) is 26.9. The minimum absolute atomic E-state index is 0.0169. The Morgan fingerprint density at radius 2 is 1.34 bits per heavy atom. The summed E-state index contributed by atoms with van der Waals surface area (Å²) in [6.07, 6.45) is 7.39. The molecule has 0 unspecified atom stereocenters. The Balaban J connectivity index is 1.11. The summed E-state index contributed by atoms with van der Waals surface area (Å²) in [4.78, 5) is 30.6. The number of carbonyl (C=O) groups excluding carboxylic acids is 2. The van der Waals surface area contributed by atoms with Crippen LogP contribution in [0.15, 0.2) is 84.9 Å². The Hall–Kier alpha value is -3.50. The molecule has 1 spiro atoms. The van der Waals surface area contributed by atoms with Gasteiger partial charge >= 0.3 is 284 Å². The molecule has 4 aromatic carbocycles. The molecule has 0 atom stereocenters. The second kappa shape index (κ2) is 9.14. The van der Waals surface area contributed by atoms with E-state index >= 15 is 0 Å². The van der Waals surface area contributed by atoms with Crippen LogP contribution in [0.2, 0.25) is 13.1 Å². The van der Waals surface area contributed by atoms with E-state index in [9.17, 15) is 9.59 Å². The average Bonchev–Trinajstić information content (AvgIpc) is 3.59. The van der Waals surface area contributed by atoms with Crippen molar-refractivity contribution in [3.05, 3.63) is 112 Å². The van der Waals surface area contributed by atoms with Crippen molar-refractivity contribution in [2.24, 2.45) is 29.6 Å². The predicted molar refractivity (Wildman–Crippen MR) is 192 cm³/mol. The molecule has 1 aromatic heterocycles. The molecule has 0 radical (unpaired) electrons. The van der Waals surface area contributed by atoms with Gasteiger partial charge in [0, 0.05) is 0 Å². The van der Waals surface area contributed by atoms with Crippen molar-refractivity contribution < 1.29 is 9.59 Å². The molecule has 7 aliphatic rings. The number of hydrogen-bond donors (Lipinski definition) is 0. The molecule has 5 heteroatoms. The minimum atomic E-state index is -1.94. The fourth-order valence-electron chi connectivity index (χ4n) is 11.8. The fraction of sp³-hybridized carbons (Fsp3) is 0.333. The van der Waals surface area contributed by atoms with Gasteiger partial charge in [-0.3, -0.25) is 0 Å². The summed E-state index contributed by atoms with van der Waals surface area (Å²) in [6, 6.07) is 31.1. The van der Waals surface area contributed by atoms with E-state index in [-0.39, 0.29) is 31.5 Å². The third-order valence-corrected chi connectivity index (χ3v) is 19.4. The first-order valence-corrected chi connectivity index (χ1v) is 22.3. The van der Waals surface area contributed by atoms with Gasteiger partial charge in [-0.2, -0.15) is 0 Å². The number of nitrogens with zero attached hydrogens (tertiary/aromatic N) is 1. The summed E-state index contributed by atoms with van der Waals surface area (Å²) in [5, 5.41) is 5.16. The molecular formula is C42H37NO2SeSi. The van der Waals surface area contributed by atoms with Crippen LogP contribution in [-0.2, 0) is 11.8 Å². The van der Waals surface area contributed by atoms with Gasteiger partial charge in [0.15, 0.2) is 0 Å².